The van der Waals surface area contributed by atoms with E-state index in [4.69, 9.17) is 15.2 Å². The Balaban J connectivity index is 1.59. The number of primary amides is 1. The molecule has 3 N–H and O–H groups in total. The van der Waals surface area contributed by atoms with Crippen LogP contribution in [0.15, 0.2) is 23.8 Å². The normalized spacial score (nSPS) is 27.4. The Labute approximate surface area is 149 Å². The Morgan fingerprint density at radius 2 is 2.12 bits per heavy atom. The van der Waals surface area contributed by atoms with Gasteiger partial charge in [-0.05, 0) is 36.8 Å². The van der Waals surface area contributed by atoms with Gasteiger partial charge in [-0.2, -0.15) is 0 Å². The van der Waals surface area contributed by atoms with Crippen LogP contribution < -0.4 is 11.1 Å². The van der Waals surface area contributed by atoms with Crippen molar-refractivity contribution in [1.29, 1.82) is 0 Å². The first kappa shape index (κ1) is 16.5. The summed E-state index contributed by atoms with van der Waals surface area (Å²) in [5.74, 6) is -0.230. The van der Waals surface area contributed by atoms with Gasteiger partial charge in [0.15, 0.2) is 0 Å². The average Bonchev–Trinajstić information content (AvgIpc) is 3.17. The highest BCUT2D eigenvalue weighted by atomic mass is 32.1. The Morgan fingerprint density at radius 3 is 2.92 bits per heavy atom. The van der Waals surface area contributed by atoms with Crippen molar-refractivity contribution in [2.45, 2.75) is 38.4 Å². The standard InChI is InChI=1S/C18H20N2O4S/c1-9-2-5-14-11(6-9)15(16(19)21)18(25-14)20-17(22)10-3-4-12-13(7-10)24-8-23-12/h3-4,7,9,12-13H,2,5-6,8H2,1H3,(H2,19,21)(H,20,22). The second-order valence-electron chi connectivity index (χ2n) is 6.74. The number of carbonyl (C=O) groups excluding carboxylic acids is 2. The maximum Gasteiger partial charge on any atom is 0.256 e. The number of fused-ring (bicyclic) bond motifs is 2. The highest BCUT2D eigenvalue weighted by molar-refractivity contribution is 7.17. The minimum absolute atomic E-state index is 0.131. The molecule has 1 fully saturated rings. The van der Waals surface area contributed by atoms with E-state index in [1.165, 1.54) is 11.3 Å². The van der Waals surface area contributed by atoms with Crippen molar-refractivity contribution in [1.82, 2.24) is 0 Å². The van der Waals surface area contributed by atoms with Crippen LogP contribution in [0.25, 0.3) is 0 Å². The molecule has 132 valence electrons. The molecule has 0 bridgehead atoms. The quantitative estimate of drug-likeness (QED) is 0.864. The number of nitrogens with one attached hydrogen (secondary N) is 1. The van der Waals surface area contributed by atoms with Gasteiger partial charge >= 0.3 is 0 Å². The molecule has 0 aromatic carbocycles. The first-order valence-corrected chi connectivity index (χ1v) is 9.23. The molecule has 0 spiro atoms. The fraction of sp³-hybridized carbons (Fsp3) is 0.444. The van der Waals surface area contributed by atoms with Crippen molar-refractivity contribution in [3.05, 3.63) is 39.8 Å². The van der Waals surface area contributed by atoms with Gasteiger partial charge in [0.1, 0.15) is 24.0 Å². The van der Waals surface area contributed by atoms with Gasteiger partial charge in [0, 0.05) is 10.5 Å². The SMILES string of the molecule is CC1CCc2sc(NC(=O)C3=CC4OCOC4C=C3)c(C(N)=O)c2C1. The average molecular weight is 360 g/mol. The maximum atomic E-state index is 12.6. The van der Waals surface area contributed by atoms with Crippen molar-refractivity contribution in [2.75, 3.05) is 12.1 Å². The van der Waals surface area contributed by atoms with Crippen LogP contribution in [0.3, 0.4) is 0 Å². The van der Waals surface area contributed by atoms with Crippen LogP contribution in [0.5, 0.6) is 0 Å². The molecule has 3 aliphatic rings. The predicted octanol–water partition coefficient (Wildman–Crippen LogP) is 2.15. The fourth-order valence-corrected chi connectivity index (χ4v) is 4.80. The lowest BCUT2D eigenvalue weighted by atomic mass is 9.87. The lowest BCUT2D eigenvalue weighted by Gasteiger charge is -2.18. The van der Waals surface area contributed by atoms with E-state index in [0.29, 0.717) is 22.1 Å². The molecule has 1 aliphatic heterocycles. The third kappa shape index (κ3) is 3.03. The number of ether oxygens (including phenoxy) is 2. The molecule has 2 aliphatic carbocycles. The van der Waals surface area contributed by atoms with Gasteiger partial charge in [-0.3, -0.25) is 9.59 Å². The Morgan fingerprint density at radius 1 is 1.32 bits per heavy atom. The van der Waals surface area contributed by atoms with Crippen LogP contribution in [-0.2, 0) is 27.1 Å². The second kappa shape index (κ2) is 6.40. The van der Waals surface area contributed by atoms with Gasteiger partial charge in [0.2, 0.25) is 0 Å². The first-order chi connectivity index (χ1) is 12.0. The fourth-order valence-electron chi connectivity index (χ4n) is 3.56. The molecular formula is C18H20N2O4S. The van der Waals surface area contributed by atoms with E-state index in [1.54, 1.807) is 12.2 Å². The molecule has 2 heterocycles. The van der Waals surface area contributed by atoms with E-state index in [1.807, 2.05) is 6.08 Å². The maximum absolute atomic E-state index is 12.6. The summed E-state index contributed by atoms with van der Waals surface area (Å²) in [5, 5.41) is 3.43. The van der Waals surface area contributed by atoms with Crippen LogP contribution in [0.4, 0.5) is 5.00 Å². The first-order valence-electron chi connectivity index (χ1n) is 8.42. The van der Waals surface area contributed by atoms with E-state index in [-0.39, 0.29) is 24.9 Å². The lowest BCUT2D eigenvalue weighted by Crippen LogP contribution is -2.25. The summed E-state index contributed by atoms with van der Waals surface area (Å²) in [4.78, 5) is 25.8. The summed E-state index contributed by atoms with van der Waals surface area (Å²) in [6.07, 6.45) is 7.78. The molecular weight excluding hydrogens is 340 g/mol. The number of carbonyl (C=O) groups is 2. The summed E-state index contributed by atoms with van der Waals surface area (Å²) in [6, 6.07) is 0. The van der Waals surface area contributed by atoms with Gasteiger partial charge in [0.05, 0.1) is 5.56 Å². The molecule has 4 rings (SSSR count). The second-order valence-corrected chi connectivity index (χ2v) is 7.84. The third-order valence-corrected chi connectivity index (χ3v) is 6.10. The van der Waals surface area contributed by atoms with E-state index >= 15 is 0 Å². The number of amides is 2. The number of aryl methyl sites for hydroxylation is 1. The summed E-state index contributed by atoms with van der Waals surface area (Å²) in [7, 11) is 0. The zero-order valence-electron chi connectivity index (χ0n) is 13.9. The summed E-state index contributed by atoms with van der Waals surface area (Å²) >= 11 is 1.46. The van der Waals surface area contributed by atoms with Crippen molar-refractivity contribution in [3.63, 3.8) is 0 Å². The minimum Gasteiger partial charge on any atom is -0.365 e. The van der Waals surface area contributed by atoms with Crippen LogP contribution >= 0.6 is 11.3 Å². The highest BCUT2D eigenvalue weighted by Gasteiger charge is 2.31. The van der Waals surface area contributed by atoms with Crippen molar-refractivity contribution < 1.29 is 19.1 Å². The van der Waals surface area contributed by atoms with Crippen molar-refractivity contribution in [3.8, 4) is 0 Å². The van der Waals surface area contributed by atoms with E-state index in [0.717, 1.165) is 29.7 Å². The van der Waals surface area contributed by atoms with E-state index in [2.05, 4.69) is 12.2 Å². The molecule has 6 nitrogen and oxygen atoms in total. The van der Waals surface area contributed by atoms with Crippen molar-refractivity contribution in [2.24, 2.45) is 11.7 Å². The molecule has 25 heavy (non-hydrogen) atoms. The van der Waals surface area contributed by atoms with Gasteiger partial charge in [-0.15, -0.1) is 11.3 Å². The molecule has 0 radical (unpaired) electrons. The largest absolute Gasteiger partial charge is 0.365 e. The number of nitrogens with two attached hydrogens (primary N) is 1. The van der Waals surface area contributed by atoms with Gasteiger partial charge < -0.3 is 20.5 Å². The smallest absolute Gasteiger partial charge is 0.256 e. The van der Waals surface area contributed by atoms with Gasteiger partial charge in [-0.25, -0.2) is 0 Å². The number of hydrogen-bond acceptors (Lipinski definition) is 5. The number of anilines is 1. The summed E-state index contributed by atoms with van der Waals surface area (Å²) in [6.45, 7) is 2.40. The van der Waals surface area contributed by atoms with Gasteiger partial charge in [-0.1, -0.05) is 19.1 Å². The van der Waals surface area contributed by atoms with Crippen LogP contribution in [-0.4, -0.2) is 30.8 Å². The number of thiophene rings is 1. The molecule has 1 aromatic rings. The number of rotatable bonds is 3. The Bertz CT molecular complexity index is 795. The highest BCUT2D eigenvalue weighted by Crippen LogP contribution is 2.39. The molecule has 7 heteroatoms. The van der Waals surface area contributed by atoms with Crippen molar-refractivity contribution >= 4 is 28.2 Å². The molecule has 2 amide bonds. The summed E-state index contributed by atoms with van der Waals surface area (Å²) < 4.78 is 10.8. The Kier molecular flexibility index (Phi) is 4.23. The topological polar surface area (TPSA) is 90.7 Å². The van der Waals surface area contributed by atoms with E-state index in [9.17, 15) is 9.59 Å². The molecule has 0 saturated carbocycles. The lowest BCUT2D eigenvalue weighted by molar-refractivity contribution is -0.112. The van der Waals surface area contributed by atoms with E-state index < -0.39 is 5.91 Å². The summed E-state index contributed by atoms with van der Waals surface area (Å²) in [5.41, 5.74) is 7.58. The van der Waals surface area contributed by atoms with Crippen LogP contribution in [0.2, 0.25) is 0 Å². The predicted molar refractivity (Wildman–Crippen MR) is 94.5 cm³/mol. The Hall–Kier alpha value is -1.96. The molecule has 3 atom stereocenters. The van der Waals surface area contributed by atoms with Crippen LogP contribution in [0.1, 0.15) is 34.1 Å². The minimum atomic E-state index is -0.484. The van der Waals surface area contributed by atoms with Crippen LogP contribution in [0, 0.1) is 5.92 Å². The zero-order chi connectivity index (χ0) is 17.6. The monoisotopic (exact) mass is 360 g/mol. The molecule has 3 unspecified atom stereocenters. The zero-order valence-corrected chi connectivity index (χ0v) is 14.7. The molecule has 1 saturated heterocycles. The third-order valence-electron chi connectivity index (χ3n) is 4.90. The molecule has 1 aromatic heterocycles. The van der Waals surface area contributed by atoms with Gasteiger partial charge in [0.25, 0.3) is 11.8 Å². The number of hydrogen-bond donors (Lipinski definition) is 2.